The first-order chi connectivity index (χ1) is 5.63. The molecule has 0 aliphatic heterocycles. The molecule has 2 unspecified atom stereocenters. The molecule has 0 radical (unpaired) electrons. The number of rotatable bonds is 6. The molecule has 0 aliphatic carbocycles. The zero-order chi connectivity index (χ0) is 9.56. The Morgan fingerprint density at radius 1 is 1.50 bits per heavy atom. The standard InChI is InChI=1S/C8H16O3S/c1-3-5-6-12(11)7(4-2)8(9)10/h7H,3-6H2,1-2H3,(H,9,10). The molecular weight excluding hydrogens is 176 g/mol. The predicted octanol–water partition coefficient (Wildman–Crippen LogP) is 1.40. The van der Waals surface area contributed by atoms with Crippen LogP contribution >= 0.6 is 0 Å². The molecular formula is C8H16O3S. The van der Waals surface area contributed by atoms with E-state index in [0.717, 1.165) is 12.8 Å². The van der Waals surface area contributed by atoms with Crippen molar-refractivity contribution >= 4 is 16.8 Å². The number of hydrogen-bond acceptors (Lipinski definition) is 2. The molecule has 0 saturated carbocycles. The molecule has 0 bridgehead atoms. The Morgan fingerprint density at radius 2 is 2.08 bits per heavy atom. The van der Waals surface area contributed by atoms with Gasteiger partial charge in [0.15, 0.2) is 0 Å². The Labute approximate surface area is 75.6 Å². The molecule has 0 saturated heterocycles. The molecule has 0 amide bonds. The van der Waals surface area contributed by atoms with Crippen molar-refractivity contribution in [2.24, 2.45) is 0 Å². The third-order valence-corrected chi connectivity index (χ3v) is 3.52. The van der Waals surface area contributed by atoms with Crippen LogP contribution in [0.5, 0.6) is 0 Å². The SMILES string of the molecule is CCCCS(=O)C(CC)C(=O)O. The van der Waals surface area contributed by atoms with E-state index >= 15 is 0 Å². The number of aliphatic carboxylic acids is 1. The maximum absolute atomic E-state index is 11.3. The number of hydrogen-bond donors (Lipinski definition) is 1. The second-order valence-electron chi connectivity index (χ2n) is 2.67. The van der Waals surface area contributed by atoms with Gasteiger partial charge in [-0.15, -0.1) is 0 Å². The lowest BCUT2D eigenvalue weighted by Gasteiger charge is -2.08. The van der Waals surface area contributed by atoms with E-state index in [9.17, 15) is 9.00 Å². The molecule has 0 aromatic carbocycles. The van der Waals surface area contributed by atoms with Gasteiger partial charge in [0, 0.05) is 16.6 Å². The number of unbranched alkanes of at least 4 members (excludes halogenated alkanes) is 1. The topological polar surface area (TPSA) is 54.4 Å². The van der Waals surface area contributed by atoms with Gasteiger partial charge in [0.25, 0.3) is 0 Å². The molecule has 12 heavy (non-hydrogen) atoms. The third kappa shape index (κ3) is 3.85. The van der Waals surface area contributed by atoms with Crippen molar-refractivity contribution in [1.29, 1.82) is 0 Å². The minimum atomic E-state index is -1.19. The zero-order valence-corrected chi connectivity index (χ0v) is 8.39. The van der Waals surface area contributed by atoms with Crippen molar-refractivity contribution in [3.8, 4) is 0 Å². The largest absolute Gasteiger partial charge is 0.480 e. The van der Waals surface area contributed by atoms with Crippen molar-refractivity contribution in [2.75, 3.05) is 5.75 Å². The van der Waals surface area contributed by atoms with Crippen LogP contribution in [0.1, 0.15) is 33.1 Å². The van der Waals surface area contributed by atoms with Crippen molar-refractivity contribution in [3.05, 3.63) is 0 Å². The van der Waals surface area contributed by atoms with E-state index < -0.39 is 22.0 Å². The summed E-state index contributed by atoms with van der Waals surface area (Å²) in [6.45, 7) is 3.75. The summed E-state index contributed by atoms with van der Waals surface area (Å²) in [6.07, 6.45) is 2.25. The van der Waals surface area contributed by atoms with Crippen LogP contribution in [0, 0.1) is 0 Å². The fraction of sp³-hybridized carbons (Fsp3) is 0.875. The van der Waals surface area contributed by atoms with Crippen LogP contribution in [0.4, 0.5) is 0 Å². The molecule has 0 rings (SSSR count). The predicted molar refractivity (Wildman–Crippen MR) is 49.6 cm³/mol. The fourth-order valence-corrected chi connectivity index (χ4v) is 2.36. The van der Waals surface area contributed by atoms with Crippen LogP contribution in [-0.2, 0) is 15.6 Å². The van der Waals surface area contributed by atoms with E-state index in [0.29, 0.717) is 12.2 Å². The van der Waals surface area contributed by atoms with Crippen LogP contribution in [-0.4, -0.2) is 26.3 Å². The number of carboxylic acid groups (broad SMARTS) is 1. The summed E-state index contributed by atoms with van der Waals surface area (Å²) in [5, 5.41) is 7.98. The van der Waals surface area contributed by atoms with Gasteiger partial charge in [-0.05, 0) is 12.8 Å². The molecule has 4 heteroatoms. The first-order valence-corrected chi connectivity index (χ1v) is 5.61. The van der Waals surface area contributed by atoms with Gasteiger partial charge >= 0.3 is 5.97 Å². The molecule has 0 aromatic heterocycles. The quantitative estimate of drug-likeness (QED) is 0.692. The number of carbonyl (C=O) groups is 1. The summed E-state index contributed by atoms with van der Waals surface area (Å²) < 4.78 is 11.3. The summed E-state index contributed by atoms with van der Waals surface area (Å²) in [6, 6.07) is 0. The monoisotopic (exact) mass is 192 g/mol. The second kappa shape index (κ2) is 6.17. The van der Waals surface area contributed by atoms with Crippen LogP contribution in [0.25, 0.3) is 0 Å². The summed E-state index contributed by atoms with van der Waals surface area (Å²) in [5.74, 6) is -0.423. The van der Waals surface area contributed by atoms with Gasteiger partial charge in [0.05, 0.1) is 0 Å². The average Bonchev–Trinajstić information content (AvgIpc) is 2.01. The average molecular weight is 192 g/mol. The molecule has 0 aromatic rings. The maximum Gasteiger partial charge on any atom is 0.319 e. The smallest absolute Gasteiger partial charge is 0.319 e. The molecule has 2 atom stereocenters. The van der Waals surface area contributed by atoms with Gasteiger partial charge in [0.1, 0.15) is 5.25 Å². The molecule has 3 nitrogen and oxygen atoms in total. The second-order valence-corrected chi connectivity index (χ2v) is 4.41. The lowest BCUT2D eigenvalue weighted by Crippen LogP contribution is -2.26. The van der Waals surface area contributed by atoms with Crippen LogP contribution < -0.4 is 0 Å². The minimum Gasteiger partial charge on any atom is -0.480 e. The highest BCUT2D eigenvalue weighted by Gasteiger charge is 2.21. The van der Waals surface area contributed by atoms with Crippen molar-refractivity contribution in [3.63, 3.8) is 0 Å². The van der Waals surface area contributed by atoms with E-state index in [1.807, 2.05) is 6.92 Å². The Bertz CT molecular complexity index is 168. The Balaban J connectivity index is 3.95. The third-order valence-electron chi connectivity index (χ3n) is 1.66. The van der Waals surface area contributed by atoms with Gasteiger partial charge in [-0.1, -0.05) is 20.3 Å². The Morgan fingerprint density at radius 3 is 2.42 bits per heavy atom. The highest BCUT2D eigenvalue weighted by molar-refractivity contribution is 7.86. The van der Waals surface area contributed by atoms with E-state index in [1.165, 1.54) is 0 Å². The van der Waals surface area contributed by atoms with Gasteiger partial charge in [0.2, 0.25) is 0 Å². The Hall–Kier alpha value is -0.380. The molecule has 1 N–H and O–H groups in total. The first-order valence-electron chi connectivity index (χ1n) is 4.23. The fourth-order valence-electron chi connectivity index (χ4n) is 0.902. The van der Waals surface area contributed by atoms with Gasteiger partial charge in [-0.25, -0.2) is 0 Å². The van der Waals surface area contributed by atoms with E-state index in [-0.39, 0.29) is 0 Å². The Kier molecular flexibility index (Phi) is 5.98. The summed E-state index contributed by atoms with van der Waals surface area (Å²) in [7, 11) is -1.19. The summed E-state index contributed by atoms with van der Waals surface area (Å²) in [4.78, 5) is 10.5. The van der Waals surface area contributed by atoms with E-state index in [1.54, 1.807) is 6.92 Å². The van der Waals surface area contributed by atoms with Crippen LogP contribution in [0.2, 0.25) is 0 Å². The lowest BCUT2D eigenvalue weighted by atomic mass is 10.3. The van der Waals surface area contributed by atoms with Gasteiger partial charge in [-0.3, -0.25) is 9.00 Å². The van der Waals surface area contributed by atoms with Gasteiger partial charge < -0.3 is 5.11 Å². The maximum atomic E-state index is 11.3. The van der Waals surface area contributed by atoms with Crippen molar-refractivity contribution in [2.45, 2.75) is 38.4 Å². The molecule has 72 valence electrons. The van der Waals surface area contributed by atoms with Crippen LogP contribution in [0.15, 0.2) is 0 Å². The molecule has 0 aliphatic rings. The first kappa shape index (κ1) is 11.6. The highest BCUT2D eigenvalue weighted by atomic mass is 32.2. The minimum absolute atomic E-state index is 0.450. The lowest BCUT2D eigenvalue weighted by molar-refractivity contribution is -0.136. The zero-order valence-electron chi connectivity index (χ0n) is 7.58. The normalized spacial score (nSPS) is 15.5. The molecule has 0 heterocycles. The summed E-state index contributed by atoms with van der Waals surface area (Å²) in [5.41, 5.74) is 0. The van der Waals surface area contributed by atoms with Crippen molar-refractivity contribution < 1.29 is 14.1 Å². The molecule has 0 fully saturated rings. The number of carboxylic acids is 1. The van der Waals surface area contributed by atoms with E-state index in [2.05, 4.69) is 0 Å². The van der Waals surface area contributed by atoms with E-state index in [4.69, 9.17) is 5.11 Å². The van der Waals surface area contributed by atoms with Gasteiger partial charge in [-0.2, -0.15) is 0 Å². The highest BCUT2D eigenvalue weighted by Crippen LogP contribution is 2.04. The molecule has 0 spiro atoms. The van der Waals surface area contributed by atoms with Crippen LogP contribution in [0.3, 0.4) is 0 Å². The van der Waals surface area contributed by atoms with Crippen molar-refractivity contribution in [1.82, 2.24) is 0 Å². The summed E-state index contributed by atoms with van der Waals surface area (Å²) >= 11 is 0.